The van der Waals surface area contributed by atoms with Gasteiger partial charge < -0.3 is 9.47 Å². The van der Waals surface area contributed by atoms with Gasteiger partial charge >= 0.3 is 0 Å². The second-order valence-electron chi connectivity index (χ2n) is 3.37. The van der Waals surface area contributed by atoms with Gasteiger partial charge in [-0.05, 0) is 12.5 Å². The highest BCUT2D eigenvalue weighted by Crippen LogP contribution is 2.32. The van der Waals surface area contributed by atoms with Gasteiger partial charge in [0, 0.05) is 11.4 Å². The first-order valence-electron chi connectivity index (χ1n) is 5.23. The van der Waals surface area contributed by atoms with Crippen LogP contribution in [0.15, 0.2) is 23.8 Å². The van der Waals surface area contributed by atoms with Crippen molar-refractivity contribution in [3.8, 4) is 11.5 Å². The molecule has 1 rings (SSSR count). The molecule has 0 radical (unpaired) electrons. The lowest BCUT2D eigenvalue weighted by Gasteiger charge is -2.10. The first-order chi connectivity index (χ1) is 7.76. The lowest BCUT2D eigenvalue weighted by atomic mass is 10.1. The molecule has 0 N–H and O–H groups in total. The molecule has 0 fully saturated rings. The maximum absolute atomic E-state index is 5.85. The van der Waals surface area contributed by atoms with E-state index >= 15 is 0 Å². The number of allylic oxidation sites excluding steroid dienone is 1. The Morgan fingerprint density at radius 2 is 2.06 bits per heavy atom. The number of alkyl halides is 1. The van der Waals surface area contributed by atoms with Crippen molar-refractivity contribution in [1.82, 2.24) is 0 Å². The van der Waals surface area contributed by atoms with Crippen molar-refractivity contribution in [1.29, 1.82) is 0 Å². The zero-order chi connectivity index (χ0) is 12.0. The third-order valence-corrected chi connectivity index (χ3v) is 2.76. The lowest BCUT2D eigenvalue weighted by molar-refractivity contribution is 0.354. The van der Waals surface area contributed by atoms with Crippen LogP contribution in [0.5, 0.6) is 11.5 Å². The number of benzene rings is 1. The van der Waals surface area contributed by atoms with E-state index in [2.05, 4.69) is 6.92 Å². The molecular weight excluding hydrogens is 224 g/mol. The summed E-state index contributed by atoms with van der Waals surface area (Å²) in [4.78, 5) is 0. The molecular formula is C13H17ClO2. The molecule has 0 saturated carbocycles. The minimum absolute atomic E-state index is 0.539. The van der Waals surface area contributed by atoms with Crippen LogP contribution in [0, 0.1) is 0 Å². The van der Waals surface area contributed by atoms with Gasteiger partial charge in [-0.3, -0.25) is 0 Å². The number of halogens is 1. The zero-order valence-corrected chi connectivity index (χ0v) is 10.7. The van der Waals surface area contributed by atoms with Crippen LogP contribution in [0.3, 0.4) is 0 Å². The van der Waals surface area contributed by atoms with Crippen molar-refractivity contribution in [2.45, 2.75) is 13.3 Å². The number of rotatable bonds is 5. The van der Waals surface area contributed by atoms with Crippen LogP contribution in [0.25, 0.3) is 6.08 Å². The number of hydrogen-bond acceptors (Lipinski definition) is 2. The van der Waals surface area contributed by atoms with Crippen LogP contribution in [0.4, 0.5) is 0 Å². The third kappa shape index (κ3) is 2.92. The fourth-order valence-corrected chi connectivity index (χ4v) is 1.75. The van der Waals surface area contributed by atoms with E-state index in [0.717, 1.165) is 23.5 Å². The van der Waals surface area contributed by atoms with Crippen molar-refractivity contribution in [3.63, 3.8) is 0 Å². The minimum Gasteiger partial charge on any atom is -0.493 e. The zero-order valence-electron chi connectivity index (χ0n) is 9.92. The summed E-state index contributed by atoms with van der Waals surface area (Å²) in [7, 11) is 3.27. The van der Waals surface area contributed by atoms with Gasteiger partial charge in [-0.1, -0.05) is 30.7 Å². The van der Waals surface area contributed by atoms with Gasteiger partial charge in [0.15, 0.2) is 11.5 Å². The van der Waals surface area contributed by atoms with Gasteiger partial charge in [-0.2, -0.15) is 0 Å². The van der Waals surface area contributed by atoms with Crippen molar-refractivity contribution in [2.75, 3.05) is 20.1 Å². The van der Waals surface area contributed by atoms with Gasteiger partial charge in [0.2, 0.25) is 0 Å². The monoisotopic (exact) mass is 240 g/mol. The minimum atomic E-state index is 0.539. The number of hydrogen-bond donors (Lipinski definition) is 0. The molecule has 0 aliphatic carbocycles. The molecule has 0 heterocycles. The summed E-state index contributed by atoms with van der Waals surface area (Å²) < 4.78 is 10.6. The maximum Gasteiger partial charge on any atom is 0.167 e. The molecule has 0 bridgehead atoms. The number of ether oxygens (including phenoxy) is 2. The molecule has 0 saturated heterocycles. The summed E-state index contributed by atoms with van der Waals surface area (Å²) >= 11 is 5.85. The first-order valence-corrected chi connectivity index (χ1v) is 5.76. The van der Waals surface area contributed by atoms with Crippen LogP contribution in [-0.4, -0.2) is 20.1 Å². The molecule has 1 aromatic carbocycles. The standard InChI is InChI=1S/C13H17ClO2/c1-4-10(9-14)8-11-6-5-7-12(15-2)13(11)16-3/h5-8H,4,9H2,1-3H3. The Morgan fingerprint density at radius 1 is 1.31 bits per heavy atom. The Kier molecular flexibility index (Phi) is 5.20. The van der Waals surface area contributed by atoms with E-state index in [1.165, 1.54) is 5.57 Å². The van der Waals surface area contributed by atoms with Crippen molar-refractivity contribution >= 4 is 17.7 Å². The van der Waals surface area contributed by atoms with Crippen LogP contribution < -0.4 is 9.47 Å². The van der Waals surface area contributed by atoms with Gasteiger partial charge in [0.05, 0.1) is 14.2 Å². The van der Waals surface area contributed by atoms with Gasteiger partial charge in [-0.25, -0.2) is 0 Å². The topological polar surface area (TPSA) is 18.5 Å². The predicted molar refractivity (Wildman–Crippen MR) is 68.5 cm³/mol. The summed E-state index contributed by atoms with van der Waals surface area (Å²) in [6.07, 6.45) is 2.98. The van der Waals surface area contributed by atoms with Crippen molar-refractivity contribution in [2.24, 2.45) is 0 Å². The Hall–Kier alpha value is -1.15. The predicted octanol–water partition coefficient (Wildman–Crippen LogP) is 3.74. The average molecular weight is 241 g/mol. The SMILES string of the molecule is CCC(=Cc1cccc(OC)c1OC)CCl. The third-order valence-electron chi connectivity index (χ3n) is 2.42. The summed E-state index contributed by atoms with van der Waals surface area (Å²) in [5.74, 6) is 2.03. The van der Waals surface area contributed by atoms with Crippen LogP contribution in [0.1, 0.15) is 18.9 Å². The first kappa shape index (κ1) is 12.9. The molecule has 0 spiro atoms. The smallest absolute Gasteiger partial charge is 0.167 e. The molecule has 0 amide bonds. The van der Waals surface area contributed by atoms with E-state index in [4.69, 9.17) is 21.1 Å². The van der Waals surface area contributed by atoms with Crippen LogP contribution in [-0.2, 0) is 0 Å². The van der Waals surface area contributed by atoms with E-state index in [0.29, 0.717) is 5.88 Å². The largest absolute Gasteiger partial charge is 0.493 e. The molecule has 0 aliphatic heterocycles. The molecule has 0 aromatic heterocycles. The highest BCUT2D eigenvalue weighted by Gasteiger charge is 2.07. The summed E-state index contributed by atoms with van der Waals surface area (Å²) in [5.41, 5.74) is 2.17. The van der Waals surface area contributed by atoms with E-state index < -0.39 is 0 Å². The Balaban J connectivity index is 3.17. The molecule has 3 heteroatoms. The van der Waals surface area contributed by atoms with E-state index in [9.17, 15) is 0 Å². The highest BCUT2D eigenvalue weighted by molar-refractivity contribution is 6.19. The van der Waals surface area contributed by atoms with Gasteiger partial charge in [-0.15, -0.1) is 11.6 Å². The second-order valence-corrected chi connectivity index (χ2v) is 3.64. The van der Waals surface area contributed by atoms with Gasteiger partial charge in [0.25, 0.3) is 0 Å². The summed E-state index contributed by atoms with van der Waals surface area (Å²) in [5, 5.41) is 0. The Morgan fingerprint density at radius 3 is 2.56 bits per heavy atom. The van der Waals surface area contributed by atoms with E-state index in [-0.39, 0.29) is 0 Å². The molecule has 2 nitrogen and oxygen atoms in total. The van der Waals surface area contributed by atoms with Gasteiger partial charge in [0.1, 0.15) is 0 Å². The van der Waals surface area contributed by atoms with Crippen molar-refractivity contribution in [3.05, 3.63) is 29.3 Å². The fraction of sp³-hybridized carbons (Fsp3) is 0.385. The molecule has 0 atom stereocenters. The number of methoxy groups -OCH3 is 2. The molecule has 16 heavy (non-hydrogen) atoms. The summed E-state index contributed by atoms with van der Waals surface area (Å²) in [6, 6.07) is 5.81. The normalized spacial score (nSPS) is 11.4. The average Bonchev–Trinajstić information content (AvgIpc) is 2.35. The second kappa shape index (κ2) is 6.44. The Bertz CT molecular complexity index is 366. The van der Waals surface area contributed by atoms with E-state index in [1.807, 2.05) is 24.3 Å². The van der Waals surface area contributed by atoms with E-state index in [1.54, 1.807) is 14.2 Å². The molecule has 88 valence electrons. The fourth-order valence-electron chi connectivity index (χ4n) is 1.48. The van der Waals surface area contributed by atoms with Crippen molar-refractivity contribution < 1.29 is 9.47 Å². The number of para-hydroxylation sites is 1. The summed E-state index contributed by atoms with van der Waals surface area (Å²) in [6.45, 7) is 2.08. The Labute approximate surface area is 102 Å². The van der Waals surface area contributed by atoms with Crippen LogP contribution >= 0.6 is 11.6 Å². The quantitative estimate of drug-likeness (QED) is 0.730. The van der Waals surface area contributed by atoms with Crippen LogP contribution in [0.2, 0.25) is 0 Å². The molecule has 0 aliphatic rings. The lowest BCUT2D eigenvalue weighted by Crippen LogP contribution is -1.93. The molecule has 1 aromatic rings. The molecule has 0 unspecified atom stereocenters. The highest BCUT2D eigenvalue weighted by atomic mass is 35.5. The maximum atomic E-state index is 5.85.